The number of rotatable bonds is 19. The highest BCUT2D eigenvalue weighted by Crippen LogP contribution is 2.22. The van der Waals surface area contributed by atoms with Crippen LogP contribution in [0.4, 0.5) is 4.79 Å². The Bertz CT molecular complexity index is 543. The Morgan fingerprint density at radius 1 is 0.686 bits per heavy atom. The third-order valence-electron chi connectivity index (χ3n) is 4.77. The molecule has 0 bridgehead atoms. The number of thiol groups is 1. The number of ketones is 1. The monoisotopic (exact) mass is 523 g/mol. The number of hydrogen-bond acceptors (Lipinski definition) is 10. The molecule has 1 N–H and O–H groups in total. The van der Waals surface area contributed by atoms with E-state index in [1.165, 1.54) is 6.92 Å². The van der Waals surface area contributed by atoms with Gasteiger partial charge in [0.15, 0.2) is 0 Å². The first-order chi connectivity index (χ1) is 17.0. The van der Waals surface area contributed by atoms with Crippen LogP contribution < -0.4 is 5.32 Å². The molecule has 0 unspecified atom stereocenters. The predicted octanol–water partition coefficient (Wildman–Crippen LogP) is 2.96. The second kappa shape index (κ2) is 24.3. The number of esters is 1. The highest BCUT2D eigenvalue weighted by Gasteiger charge is 2.20. The van der Waals surface area contributed by atoms with Crippen molar-refractivity contribution in [3.63, 3.8) is 0 Å². The number of nitrogens with one attached hydrogen (secondary N) is 1. The smallest absolute Gasteiger partial charge is 0.407 e. The van der Waals surface area contributed by atoms with Crippen LogP contribution in [0.1, 0.15) is 59.3 Å². The molecule has 0 aromatic carbocycles. The summed E-state index contributed by atoms with van der Waals surface area (Å²) in [6.45, 7) is 8.90. The predicted molar refractivity (Wildman–Crippen MR) is 135 cm³/mol. The van der Waals surface area contributed by atoms with Gasteiger partial charge in [0.1, 0.15) is 19.0 Å². The summed E-state index contributed by atoms with van der Waals surface area (Å²) in [5.74, 6) is -0.434. The number of carbonyl (C=O) groups excluding carboxylic acids is 3. The fraction of sp³-hybridized carbons (Fsp3) is 0.875. The molecule has 10 nitrogen and oxygen atoms in total. The van der Waals surface area contributed by atoms with Crippen LogP contribution in [0, 0.1) is 0 Å². The maximum atomic E-state index is 11.7. The third kappa shape index (κ3) is 22.8. The Hall–Kier alpha value is -1.40. The lowest BCUT2D eigenvalue weighted by molar-refractivity contribution is -0.146. The van der Waals surface area contributed by atoms with Crippen molar-refractivity contribution < 1.29 is 42.8 Å². The second-order valence-corrected chi connectivity index (χ2v) is 8.39. The zero-order chi connectivity index (χ0) is 26.2. The fourth-order valence-electron chi connectivity index (χ4n) is 2.95. The number of amides is 1. The summed E-state index contributed by atoms with van der Waals surface area (Å²) in [5, 5.41) is 3.31. The van der Waals surface area contributed by atoms with Crippen molar-refractivity contribution in [3.8, 4) is 0 Å². The van der Waals surface area contributed by atoms with Crippen molar-refractivity contribution in [2.24, 2.45) is 0 Å². The minimum Gasteiger partial charge on any atom is -0.463 e. The van der Waals surface area contributed by atoms with Crippen LogP contribution in [0.2, 0.25) is 0 Å². The Kier molecular flexibility index (Phi) is 23.3. The molecule has 0 atom stereocenters. The molecule has 11 heteroatoms. The van der Waals surface area contributed by atoms with Gasteiger partial charge >= 0.3 is 12.1 Å². The third-order valence-corrected chi connectivity index (χ3v) is 5.28. The van der Waals surface area contributed by atoms with Gasteiger partial charge in [0, 0.05) is 17.7 Å². The average Bonchev–Trinajstić information content (AvgIpc) is 2.85. The first-order valence-electron chi connectivity index (χ1n) is 12.5. The Balaban J connectivity index is 0.00000562. The van der Waals surface area contributed by atoms with Gasteiger partial charge < -0.3 is 38.5 Å². The van der Waals surface area contributed by atoms with Crippen molar-refractivity contribution in [2.75, 3.05) is 66.1 Å². The summed E-state index contributed by atoms with van der Waals surface area (Å²) in [5.41, 5.74) is 0. The van der Waals surface area contributed by atoms with Gasteiger partial charge in [-0.2, -0.15) is 12.6 Å². The molecular formula is C24H45NO9S. The number of ether oxygens (including phenoxy) is 6. The molecule has 35 heavy (non-hydrogen) atoms. The largest absolute Gasteiger partial charge is 0.463 e. The van der Waals surface area contributed by atoms with Crippen molar-refractivity contribution in [3.05, 3.63) is 0 Å². The Labute approximate surface area is 215 Å². The standard InChI is InChI=1S/C22H39NO9S.C2H6/c1-18(24)2-7-21(25)31-16-14-29-12-10-27-8-9-28-11-13-30-15-17-32-22(26)23-19-3-5-20(33)6-4-19;1-2/h19-20,33H,2-17H2,1H3,(H,23,26);1-2H3. The normalized spacial score (nSPS) is 17.1. The summed E-state index contributed by atoms with van der Waals surface area (Å²) in [7, 11) is 0. The van der Waals surface area contributed by atoms with Crippen LogP contribution in [0.15, 0.2) is 0 Å². The topological polar surface area (TPSA) is 119 Å². The van der Waals surface area contributed by atoms with Gasteiger partial charge in [-0.3, -0.25) is 4.79 Å². The molecular weight excluding hydrogens is 478 g/mol. The molecule has 0 aliphatic heterocycles. The molecule has 1 aliphatic rings. The lowest BCUT2D eigenvalue weighted by Gasteiger charge is -2.26. The maximum Gasteiger partial charge on any atom is 0.407 e. The van der Waals surface area contributed by atoms with Crippen LogP contribution in [0.5, 0.6) is 0 Å². The lowest BCUT2D eigenvalue weighted by atomic mass is 9.95. The van der Waals surface area contributed by atoms with Crippen LogP contribution in [0.25, 0.3) is 0 Å². The van der Waals surface area contributed by atoms with E-state index in [0.717, 1.165) is 25.7 Å². The first-order valence-corrected chi connectivity index (χ1v) is 13.1. The molecule has 0 radical (unpaired) electrons. The first kappa shape index (κ1) is 33.6. The number of carbonyl (C=O) groups is 3. The van der Waals surface area contributed by atoms with E-state index in [4.69, 9.17) is 28.4 Å². The molecule has 0 saturated heterocycles. The molecule has 1 rings (SSSR count). The van der Waals surface area contributed by atoms with E-state index < -0.39 is 12.1 Å². The lowest BCUT2D eigenvalue weighted by Crippen LogP contribution is -2.38. The molecule has 1 fully saturated rings. The van der Waals surface area contributed by atoms with Gasteiger partial charge in [-0.25, -0.2) is 4.79 Å². The van der Waals surface area contributed by atoms with Crippen molar-refractivity contribution in [1.82, 2.24) is 5.32 Å². The van der Waals surface area contributed by atoms with Gasteiger partial charge in [0.05, 0.1) is 59.3 Å². The van der Waals surface area contributed by atoms with Gasteiger partial charge in [-0.05, 0) is 32.6 Å². The quantitative estimate of drug-likeness (QED) is 0.150. The fourth-order valence-corrected chi connectivity index (χ4v) is 3.25. The summed E-state index contributed by atoms with van der Waals surface area (Å²) in [6, 6.07) is 0.179. The van der Waals surface area contributed by atoms with Gasteiger partial charge in [-0.15, -0.1) is 0 Å². The minimum absolute atomic E-state index is 0.0369. The molecule has 0 aromatic rings. The van der Waals surface area contributed by atoms with E-state index in [0.29, 0.717) is 51.5 Å². The van der Waals surface area contributed by atoms with Crippen LogP contribution in [0.3, 0.4) is 0 Å². The summed E-state index contributed by atoms with van der Waals surface area (Å²) < 4.78 is 31.4. The summed E-state index contributed by atoms with van der Waals surface area (Å²) in [4.78, 5) is 33.8. The Morgan fingerprint density at radius 3 is 1.57 bits per heavy atom. The highest BCUT2D eigenvalue weighted by atomic mass is 32.1. The molecule has 0 heterocycles. The number of Topliss-reactive ketones (excluding diaryl/α,β-unsaturated/α-hetero) is 1. The van der Waals surface area contributed by atoms with Crippen LogP contribution in [-0.4, -0.2) is 95.2 Å². The van der Waals surface area contributed by atoms with Gasteiger partial charge in [-0.1, -0.05) is 13.8 Å². The second-order valence-electron chi connectivity index (χ2n) is 7.66. The maximum absolute atomic E-state index is 11.7. The Morgan fingerprint density at radius 2 is 1.11 bits per heavy atom. The molecule has 0 aromatic heterocycles. The van der Waals surface area contributed by atoms with E-state index in [1.54, 1.807) is 0 Å². The van der Waals surface area contributed by atoms with E-state index in [2.05, 4.69) is 17.9 Å². The molecule has 206 valence electrons. The van der Waals surface area contributed by atoms with Crippen molar-refractivity contribution in [2.45, 2.75) is 70.6 Å². The number of hydrogen-bond donors (Lipinski definition) is 2. The minimum atomic E-state index is -0.399. The van der Waals surface area contributed by atoms with E-state index in [1.807, 2.05) is 13.8 Å². The zero-order valence-corrected chi connectivity index (χ0v) is 22.5. The summed E-state index contributed by atoms with van der Waals surface area (Å²) in [6.07, 6.45) is 3.81. The molecule has 1 saturated carbocycles. The zero-order valence-electron chi connectivity index (χ0n) is 21.6. The van der Waals surface area contributed by atoms with E-state index >= 15 is 0 Å². The van der Waals surface area contributed by atoms with E-state index in [-0.39, 0.29) is 44.5 Å². The highest BCUT2D eigenvalue weighted by molar-refractivity contribution is 7.80. The van der Waals surface area contributed by atoms with Gasteiger partial charge in [0.2, 0.25) is 0 Å². The number of alkyl carbamates (subject to hydrolysis) is 1. The summed E-state index contributed by atoms with van der Waals surface area (Å²) >= 11 is 4.44. The van der Waals surface area contributed by atoms with Crippen molar-refractivity contribution >= 4 is 30.5 Å². The average molecular weight is 524 g/mol. The molecule has 0 spiro atoms. The van der Waals surface area contributed by atoms with Crippen molar-refractivity contribution in [1.29, 1.82) is 0 Å². The SMILES string of the molecule is CC.CC(=O)CCC(=O)OCCOCCOCCOCCOCCOC(=O)NC1CCC(S)CC1. The van der Waals surface area contributed by atoms with E-state index in [9.17, 15) is 14.4 Å². The molecule has 1 aliphatic carbocycles. The van der Waals surface area contributed by atoms with Crippen LogP contribution in [-0.2, 0) is 38.0 Å². The van der Waals surface area contributed by atoms with Crippen LogP contribution >= 0.6 is 12.6 Å². The molecule has 1 amide bonds. The van der Waals surface area contributed by atoms with Gasteiger partial charge in [0.25, 0.3) is 0 Å².